The van der Waals surface area contributed by atoms with E-state index in [-0.39, 0.29) is 31.9 Å². The van der Waals surface area contributed by atoms with E-state index in [4.69, 9.17) is 0 Å². The van der Waals surface area contributed by atoms with E-state index in [1.165, 1.54) is 12.4 Å². The summed E-state index contributed by atoms with van der Waals surface area (Å²) in [7, 11) is 0. The molecule has 1 amide bonds. The van der Waals surface area contributed by atoms with Crippen LogP contribution in [0.2, 0.25) is 0 Å². The van der Waals surface area contributed by atoms with Crippen LogP contribution >= 0.6 is 0 Å². The molecule has 0 saturated carbocycles. The van der Waals surface area contributed by atoms with Crippen LogP contribution in [-0.2, 0) is 6.54 Å². The monoisotopic (exact) mass is 361 g/mol. The average molecular weight is 361 g/mol. The van der Waals surface area contributed by atoms with E-state index >= 15 is 0 Å². The molecular formula is C16H19N5O5. The number of aromatic nitrogens is 3. The Labute approximate surface area is 147 Å². The number of likely N-dealkylation sites (tertiary alicyclic amines) is 1. The van der Waals surface area contributed by atoms with Gasteiger partial charge in [-0.05, 0) is 12.1 Å². The molecule has 0 unspecified atom stereocenters. The van der Waals surface area contributed by atoms with Crippen molar-refractivity contribution in [3.8, 4) is 0 Å². The first kappa shape index (κ1) is 18.0. The first-order valence-corrected chi connectivity index (χ1v) is 8.00. The Hall–Kier alpha value is -2.82. The summed E-state index contributed by atoms with van der Waals surface area (Å²) in [6, 6.07) is 4.89. The van der Waals surface area contributed by atoms with Gasteiger partial charge in [0.05, 0.1) is 12.6 Å². The predicted octanol–water partition coefficient (Wildman–Crippen LogP) is -2.20. The fourth-order valence-electron chi connectivity index (χ4n) is 2.88. The average Bonchev–Trinajstić information content (AvgIpc) is 2.90. The van der Waals surface area contributed by atoms with E-state index in [1.54, 1.807) is 23.1 Å². The number of aliphatic hydroxyl groups is 2. The smallest absolute Gasteiger partial charge is 0.325 e. The highest BCUT2D eigenvalue weighted by Crippen LogP contribution is 2.22. The highest BCUT2D eigenvalue weighted by molar-refractivity contribution is 5.92. The molecule has 0 spiro atoms. The van der Waals surface area contributed by atoms with E-state index in [0.29, 0.717) is 5.56 Å². The topological polar surface area (TPSA) is 151 Å². The second-order valence-corrected chi connectivity index (χ2v) is 6.28. The molecule has 10 heteroatoms. The van der Waals surface area contributed by atoms with Gasteiger partial charge in [0.25, 0.3) is 11.5 Å². The maximum absolute atomic E-state index is 12.0. The van der Waals surface area contributed by atoms with Gasteiger partial charge in [0.2, 0.25) is 0 Å². The minimum absolute atomic E-state index is 0.0508. The van der Waals surface area contributed by atoms with Crippen LogP contribution in [0.4, 0.5) is 0 Å². The molecule has 26 heavy (non-hydrogen) atoms. The summed E-state index contributed by atoms with van der Waals surface area (Å²) in [6.07, 6.45) is 1.68. The van der Waals surface area contributed by atoms with Gasteiger partial charge >= 0.3 is 5.69 Å². The number of carbonyl (C=O) groups is 1. The number of hydrogen-bond donors (Lipinski definition) is 5. The highest BCUT2D eigenvalue weighted by Gasteiger charge is 2.44. The molecule has 10 nitrogen and oxygen atoms in total. The number of pyridine rings is 1. The van der Waals surface area contributed by atoms with Gasteiger partial charge in [0.1, 0.15) is 11.3 Å². The van der Waals surface area contributed by atoms with Crippen molar-refractivity contribution in [1.82, 2.24) is 25.2 Å². The summed E-state index contributed by atoms with van der Waals surface area (Å²) >= 11 is 0. The lowest BCUT2D eigenvalue weighted by atomic mass is 10.0. The molecule has 138 valence electrons. The van der Waals surface area contributed by atoms with Gasteiger partial charge in [0.15, 0.2) is 0 Å². The van der Waals surface area contributed by atoms with Gasteiger partial charge in [-0.2, -0.15) is 0 Å². The number of carbonyl (C=O) groups excluding carboxylic acids is 1. The maximum Gasteiger partial charge on any atom is 0.325 e. The van der Waals surface area contributed by atoms with E-state index in [9.17, 15) is 24.6 Å². The second-order valence-electron chi connectivity index (χ2n) is 6.28. The molecule has 1 aliphatic rings. The number of nitrogens with one attached hydrogen (secondary N) is 3. The summed E-state index contributed by atoms with van der Waals surface area (Å²) in [5, 5.41) is 23.4. The molecule has 3 heterocycles. The first-order valence-electron chi connectivity index (χ1n) is 8.00. The Morgan fingerprint density at radius 3 is 2.92 bits per heavy atom. The minimum Gasteiger partial charge on any atom is -0.389 e. The van der Waals surface area contributed by atoms with Crippen molar-refractivity contribution >= 4 is 5.91 Å². The minimum atomic E-state index is -1.56. The quantitative estimate of drug-likeness (QED) is 0.405. The van der Waals surface area contributed by atoms with Crippen LogP contribution in [0.15, 0.2) is 40.2 Å². The van der Waals surface area contributed by atoms with Crippen LogP contribution in [0.5, 0.6) is 0 Å². The van der Waals surface area contributed by atoms with E-state index in [1.807, 2.05) is 0 Å². The largest absolute Gasteiger partial charge is 0.389 e. The van der Waals surface area contributed by atoms with Crippen molar-refractivity contribution in [2.75, 3.05) is 19.6 Å². The van der Waals surface area contributed by atoms with Gasteiger partial charge in [0, 0.05) is 37.6 Å². The van der Waals surface area contributed by atoms with Gasteiger partial charge < -0.3 is 20.5 Å². The molecule has 2 aromatic heterocycles. The van der Waals surface area contributed by atoms with Crippen LogP contribution in [0.3, 0.4) is 0 Å². The third kappa shape index (κ3) is 3.87. The van der Waals surface area contributed by atoms with E-state index in [2.05, 4.69) is 20.3 Å². The zero-order valence-electron chi connectivity index (χ0n) is 13.8. The molecule has 2 atom stereocenters. The molecule has 5 N–H and O–H groups in total. The first-order chi connectivity index (χ1) is 12.4. The van der Waals surface area contributed by atoms with Crippen molar-refractivity contribution in [3.63, 3.8) is 0 Å². The van der Waals surface area contributed by atoms with Gasteiger partial charge in [-0.3, -0.25) is 24.5 Å². The van der Waals surface area contributed by atoms with Crippen molar-refractivity contribution < 1.29 is 15.0 Å². The number of aliphatic hydroxyl groups excluding tert-OH is 1. The molecule has 1 saturated heterocycles. The summed E-state index contributed by atoms with van der Waals surface area (Å²) in [5.41, 5.74) is -2.17. The molecule has 3 rings (SSSR count). The fourth-order valence-corrected chi connectivity index (χ4v) is 2.88. The number of aromatic amines is 2. The number of β-amino-alcohol motifs (C(OH)–C–C–N with tert-alkyl or cyclic N) is 2. The Balaban J connectivity index is 1.62. The van der Waals surface area contributed by atoms with Crippen LogP contribution < -0.4 is 16.6 Å². The zero-order chi connectivity index (χ0) is 18.7. The lowest BCUT2D eigenvalue weighted by molar-refractivity contribution is -0.0377. The molecule has 1 aliphatic heterocycles. The number of hydrogen-bond acceptors (Lipinski definition) is 7. The fraction of sp³-hybridized carbons (Fsp3) is 0.375. The SMILES string of the molecule is O=C(NC[C@@]1(O)CN(Cc2c[nH]c(=O)[nH]c2=O)C[C@@H]1O)c1ccccn1. The predicted molar refractivity (Wildman–Crippen MR) is 90.5 cm³/mol. The molecule has 0 bridgehead atoms. The number of H-pyrrole nitrogens is 2. The maximum atomic E-state index is 12.0. The molecule has 1 fully saturated rings. The van der Waals surface area contributed by atoms with Crippen molar-refractivity contribution in [3.05, 3.63) is 62.7 Å². The van der Waals surface area contributed by atoms with Crippen LogP contribution in [0.25, 0.3) is 0 Å². The third-order valence-corrected chi connectivity index (χ3v) is 4.29. The standard InChI is InChI=1S/C16H19N5O5/c22-12-7-21(6-10-5-18-15(25)20-13(10)23)9-16(12,26)8-19-14(24)11-3-1-2-4-17-11/h1-5,12,22,26H,6-9H2,(H,19,24)(H2,18,20,23,25)/t12-,16+/m0/s1. The lowest BCUT2D eigenvalue weighted by Crippen LogP contribution is -2.51. The normalized spacial score (nSPS) is 23.1. The Bertz CT molecular complexity index is 896. The second kappa shape index (κ2) is 7.20. The van der Waals surface area contributed by atoms with Crippen molar-refractivity contribution in [2.24, 2.45) is 0 Å². The summed E-state index contributed by atoms with van der Waals surface area (Å²) in [5.74, 6) is -0.457. The molecule has 2 aromatic rings. The summed E-state index contributed by atoms with van der Waals surface area (Å²) in [4.78, 5) is 44.9. The molecule has 0 radical (unpaired) electrons. The van der Waals surface area contributed by atoms with Crippen LogP contribution in [0.1, 0.15) is 16.1 Å². The Morgan fingerprint density at radius 1 is 1.42 bits per heavy atom. The van der Waals surface area contributed by atoms with Crippen molar-refractivity contribution in [2.45, 2.75) is 18.2 Å². The van der Waals surface area contributed by atoms with Crippen LogP contribution in [-0.4, -0.2) is 67.3 Å². The molecular weight excluding hydrogens is 342 g/mol. The Morgan fingerprint density at radius 2 is 2.23 bits per heavy atom. The zero-order valence-corrected chi connectivity index (χ0v) is 13.8. The van der Waals surface area contributed by atoms with E-state index in [0.717, 1.165) is 0 Å². The highest BCUT2D eigenvalue weighted by atomic mass is 16.3. The van der Waals surface area contributed by atoms with E-state index < -0.39 is 28.9 Å². The van der Waals surface area contributed by atoms with Crippen LogP contribution in [0, 0.1) is 0 Å². The molecule has 0 aliphatic carbocycles. The van der Waals surface area contributed by atoms with Crippen molar-refractivity contribution in [1.29, 1.82) is 0 Å². The third-order valence-electron chi connectivity index (χ3n) is 4.29. The summed E-state index contributed by atoms with van der Waals surface area (Å²) < 4.78 is 0. The van der Waals surface area contributed by atoms with Gasteiger partial charge in [-0.25, -0.2) is 4.79 Å². The Kier molecular flexibility index (Phi) is 4.98. The van der Waals surface area contributed by atoms with Gasteiger partial charge in [-0.1, -0.05) is 6.07 Å². The number of amides is 1. The summed E-state index contributed by atoms with van der Waals surface area (Å²) in [6.45, 7) is 0.144. The number of nitrogens with zero attached hydrogens (tertiary/aromatic N) is 2. The van der Waals surface area contributed by atoms with Gasteiger partial charge in [-0.15, -0.1) is 0 Å². The lowest BCUT2D eigenvalue weighted by Gasteiger charge is -2.26. The molecule has 0 aromatic carbocycles. The number of rotatable bonds is 5.